The first kappa shape index (κ1) is 15.7. The van der Waals surface area contributed by atoms with Gasteiger partial charge in [0, 0.05) is 23.0 Å². The Morgan fingerprint density at radius 2 is 2.04 bits per heavy atom. The summed E-state index contributed by atoms with van der Waals surface area (Å²) in [6, 6.07) is 8.50. The summed E-state index contributed by atoms with van der Waals surface area (Å²) < 4.78 is 0. The van der Waals surface area contributed by atoms with Crippen LogP contribution in [-0.4, -0.2) is 39.5 Å². The molecule has 0 bridgehead atoms. The molecule has 1 saturated heterocycles. The summed E-state index contributed by atoms with van der Waals surface area (Å²) in [6.45, 7) is 2.34. The number of piperidine rings is 1. The normalized spacial score (nSPS) is 21.4. The molecule has 3 rings (SSSR count). The molecule has 2 atom stereocenters. The van der Waals surface area contributed by atoms with Gasteiger partial charge in [-0.25, -0.2) is 4.98 Å². The van der Waals surface area contributed by atoms with E-state index in [1.165, 1.54) is 0 Å². The monoisotopic (exact) mass is 332 g/mol. The molecule has 120 valence electrons. The number of carboxylic acid groups (broad SMARTS) is 1. The largest absolute Gasteiger partial charge is 0.481 e. The van der Waals surface area contributed by atoms with Crippen LogP contribution in [0.4, 0.5) is 0 Å². The number of nitrogens with zero attached hydrogens (tertiary/aromatic N) is 2. The van der Waals surface area contributed by atoms with Crippen molar-refractivity contribution < 1.29 is 14.7 Å². The molecule has 2 aromatic rings. The maximum Gasteiger partial charge on any atom is 0.308 e. The summed E-state index contributed by atoms with van der Waals surface area (Å²) in [5.74, 6) is -1.61. The topological polar surface area (TPSA) is 70.5 Å². The van der Waals surface area contributed by atoms with Crippen LogP contribution in [0, 0.1) is 5.92 Å². The Bertz CT molecular complexity index is 778. The molecule has 0 aliphatic carbocycles. The van der Waals surface area contributed by atoms with Crippen molar-refractivity contribution >= 4 is 34.4 Å². The molecule has 1 amide bonds. The second kappa shape index (κ2) is 6.16. The van der Waals surface area contributed by atoms with Crippen molar-refractivity contribution in [1.29, 1.82) is 0 Å². The third-order valence-corrected chi connectivity index (χ3v) is 4.67. The third-order valence-electron chi connectivity index (χ3n) is 4.44. The van der Waals surface area contributed by atoms with E-state index in [9.17, 15) is 14.7 Å². The van der Waals surface area contributed by atoms with Crippen LogP contribution in [0.15, 0.2) is 30.3 Å². The van der Waals surface area contributed by atoms with Gasteiger partial charge >= 0.3 is 5.97 Å². The van der Waals surface area contributed by atoms with Gasteiger partial charge in [-0.3, -0.25) is 9.59 Å². The minimum absolute atomic E-state index is 0.231. The molecule has 0 radical (unpaired) electrons. The van der Waals surface area contributed by atoms with Crippen LogP contribution in [0.5, 0.6) is 0 Å². The van der Waals surface area contributed by atoms with Crippen LogP contribution in [0.25, 0.3) is 10.9 Å². The number of hydrogen-bond donors (Lipinski definition) is 1. The summed E-state index contributed by atoms with van der Waals surface area (Å²) in [6.07, 6.45) is 1.29. The number of hydrogen-bond acceptors (Lipinski definition) is 3. The first-order chi connectivity index (χ1) is 11.0. The molecule has 1 aromatic heterocycles. The number of halogens is 1. The van der Waals surface area contributed by atoms with Gasteiger partial charge in [0.25, 0.3) is 5.91 Å². The fourth-order valence-corrected chi connectivity index (χ4v) is 3.28. The Hall–Kier alpha value is -2.14. The molecule has 1 aromatic carbocycles. The highest BCUT2D eigenvalue weighted by molar-refractivity contribution is 6.31. The minimum atomic E-state index is -0.853. The average molecular weight is 333 g/mol. The SMILES string of the molecule is C[C@@H]1[C@H](C(=O)O)CCCN1C(=O)c1ccc2ccc(Cl)cc2n1. The molecule has 0 saturated carbocycles. The molecule has 1 aliphatic heterocycles. The van der Waals surface area contributed by atoms with Crippen molar-refractivity contribution in [2.24, 2.45) is 5.92 Å². The van der Waals surface area contributed by atoms with E-state index in [-0.39, 0.29) is 11.9 Å². The molecule has 1 aliphatic rings. The van der Waals surface area contributed by atoms with Crippen LogP contribution >= 0.6 is 11.6 Å². The van der Waals surface area contributed by atoms with E-state index in [1.807, 2.05) is 12.1 Å². The van der Waals surface area contributed by atoms with Crippen molar-refractivity contribution in [3.63, 3.8) is 0 Å². The average Bonchev–Trinajstić information content (AvgIpc) is 2.53. The number of aliphatic carboxylic acids is 1. The van der Waals surface area contributed by atoms with E-state index in [1.54, 1.807) is 30.0 Å². The summed E-state index contributed by atoms with van der Waals surface area (Å²) in [5.41, 5.74) is 0.973. The number of carbonyl (C=O) groups excluding carboxylic acids is 1. The summed E-state index contributed by atoms with van der Waals surface area (Å²) in [5, 5.41) is 10.7. The number of benzene rings is 1. The van der Waals surface area contributed by atoms with Crippen molar-refractivity contribution in [1.82, 2.24) is 9.88 Å². The van der Waals surface area contributed by atoms with Crippen LogP contribution in [0.3, 0.4) is 0 Å². The lowest BCUT2D eigenvalue weighted by Gasteiger charge is -2.37. The molecule has 5 nitrogen and oxygen atoms in total. The third kappa shape index (κ3) is 3.01. The maximum atomic E-state index is 12.7. The summed E-state index contributed by atoms with van der Waals surface area (Å²) >= 11 is 5.98. The predicted molar refractivity (Wildman–Crippen MR) is 87.6 cm³/mol. The number of rotatable bonds is 2. The van der Waals surface area contributed by atoms with Crippen molar-refractivity contribution in [2.45, 2.75) is 25.8 Å². The summed E-state index contributed by atoms with van der Waals surface area (Å²) in [4.78, 5) is 30.1. The smallest absolute Gasteiger partial charge is 0.308 e. The molecule has 1 N–H and O–H groups in total. The number of carbonyl (C=O) groups is 2. The standard InChI is InChI=1S/C17H17ClN2O3/c1-10-13(17(22)23)3-2-8-20(10)16(21)14-7-5-11-4-6-12(18)9-15(11)19-14/h4-7,9-10,13H,2-3,8H2,1H3,(H,22,23)/t10-,13-/m1/s1. The van der Waals surface area contributed by atoms with Gasteiger partial charge in [0.05, 0.1) is 11.4 Å². The predicted octanol–water partition coefficient (Wildman–Crippen LogP) is 3.21. The number of pyridine rings is 1. The molecular weight excluding hydrogens is 316 g/mol. The number of carboxylic acids is 1. The van der Waals surface area contributed by atoms with Crippen LogP contribution in [-0.2, 0) is 4.79 Å². The molecule has 0 unspecified atom stereocenters. The zero-order valence-corrected chi connectivity index (χ0v) is 13.5. The molecule has 1 fully saturated rings. The van der Waals surface area contributed by atoms with E-state index in [2.05, 4.69) is 4.98 Å². The van der Waals surface area contributed by atoms with Crippen molar-refractivity contribution in [2.75, 3.05) is 6.54 Å². The quantitative estimate of drug-likeness (QED) is 0.916. The number of fused-ring (bicyclic) bond motifs is 1. The van der Waals surface area contributed by atoms with Gasteiger partial charge in [-0.15, -0.1) is 0 Å². The highest BCUT2D eigenvalue weighted by Gasteiger charge is 2.36. The number of aromatic nitrogens is 1. The van der Waals surface area contributed by atoms with Crippen LogP contribution < -0.4 is 0 Å². The zero-order valence-electron chi connectivity index (χ0n) is 12.7. The first-order valence-corrected chi connectivity index (χ1v) is 7.95. The molecule has 2 heterocycles. The number of likely N-dealkylation sites (tertiary alicyclic amines) is 1. The van der Waals surface area contributed by atoms with Crippen molar-refractivity contribution in [3.05, 3.63) is 41.0 Å². The zero-order chi connectivity index (χ0) is 16.6. The second-order valence-electron chi connectivity index (χ2n) is 5.86. The molecular formula is C17H17ClN2O3. The highest BCUT2D eigenvalue weighted by atomic mass is 35.5. The van der Waals surface area contributed by atoms with E-state index in [0.29, 0.717) is 35.6 Å². The lowest BCUT2D eigenvalue weighted by molar-refractivity contribution is -0.144. The highest BCUT2D eigenvalue weighted by Crippen LogP contribution is 2.26. The van der Waals surface area contributed by atoms with Crippen LogP contribution in [0.2, 0.25) is 5.02 Å². The van der Waals surface area contributed by atoms with Gasteiger partial charge in [0.1, 0.15) is 5.69 Å². The summed E-state index contributed by atoms with van der Waals surface area (Å²) in [7, 11) is 0. The lowest BCUT2D eigenvalue weighted by atomic mass is 9.90. The molecule has 0 spiro atoms. The van der Waals surface area contributed by atoms with Gasteiger partial charge < -0.3 is 10.0 Å². The van der Waals surface area contributed by atoms with Crippen LogP contribution in [0.1, 0.15) is 30.3 Å². The fraction of sp³-hybridized carbons (Fsp3) is 0.353. The van der Waals surface area contributed by atoms with E-state index in [0.717, 1.165) is 5.39 Å². The molecule has 6 heteroatoms. The van der Waals surface area contributed by atoms with Gasteiger partial charge in [-0.1, -0.05) is 23.7 Å². The first-order valence-electron chi connectivity index (χ1n) is 7.57. The van der Waals surface area contributed by atoms with Gasteiger partial charge in [-0.2, -0.15) is 0 Å². The van der Waals surface area contributed by atoms with E-state index < -0.39 is 11.9 Å². The van der Waals surface area contributed by atoms with E-state index >= 15 is 0 Å². The Kier molecular flexibility index (Phi) is 4.22. The second-order valence-corrected chi connectivity index (χ2v) is 6.30. The Balaban J connectivity index is 1.91. The Morgan fingerprint density at radius 1 is 1.30 bits per heavy atom. The Labute approximate surface area is 138 Å². The number of amides is 1. The van der Waals surface area contributed by atoms with Gasteiger partial charge in [0.2, 0.25) is 0 Å². The van der Waals surface area contributed by atoms with Gasteiger partial charge in [-0.05, 0) is 38.0 Å². The van der Waals surface area contributed by atoms with Crippen molar-refractivity contribution in [3.8, 4) is 0 Å². The lowest BCUT2D eigenvalue weighted by Crippen LogP contribution is -2.49. The maximum absolute atomic E-state index is 12.7. The molecule has 23 heavy (non-hydrogen) atoms. The minimum Gasteiger partial charge on any atom is -0.481 e. The van der Waals surface area contributed by atoms with Gasteiger partial charge in [0.15, 0.2) is 0 Å². The van der Waals surface area contributed by atoms with E-state index in [4.69, 9.17) is 11.6 Å². The fourth-order valence-electron chi connectivity index (χ4n) is 3.12. The Morgan fingerprint density at radius 3 is 2.78 bits per heavy atom.